The average Bonchev–Trinajstić information content (AvgIpc) is 1.62. The van der Waals surface area contributed by atoms with Gasteiger partial charge in [0.1, 0.15) is 5.78 Å². The van der Waals surface area contributed by atoms with Gasteiger partial charge in [0.25, 0.3) is 6.47 Å². The van der Waals surface area contributed by atoms with Crippen LogP contribution in [0.5, 0.6) is 0 Å². The van der Waals surface area contributed by atoms with Gasteiger partial charge in [0.05, 0.1) is 54.5 Å². The van der Waals surface area contributed by atoms with Crippen molar-refractivity contribution in [2.24, 2.45) is 5.73 Å². The van der Waals surface area contributed by atoms with E-state index in [9.17, 15) is 52.7 Å². The van der Waals surface area contributed by atoms with Crippen LogP contribution in [-0.2, 0) is 62.2 Å². The summed E-state index contributed by atoms with van der Waals surface area (Å²) in [5.41, 5.74) is 15.5. The topological polar surface area (TPSA) is 500 Å². The van der Waals surface area contributed by atoms with Crippen LogP contribution in [0, 0.1) is 0 Å². The van der Waals surface area contributed by atoms with Crippen molar-refractivity contribution in [2.45, 2.75) is 137 Å². The Morgan fingerprint density at radius 3 is 1.28 bits per heavy atom. The van der Waals surface area contributed by atoms with Crippen molar-refractivity contribution in [1.82, 2.24) is 68.9 Å². The molecule has 12 rings (SSSR count). The van der Waals surface area contributed by atoms with Gasteiger partial charge in [0.15, 0.2) is 26.8 Å². The van der Waals surface area contributed by atoms with Gasteiger partial charge in [0.2, 0.25) is 5.97 Å². The van der Waals surface area contributed by atoms with Crippen molar-refractivity contribution in [3.8, 4) is 0 Å². The number of nitrogens with one attached hydrogen (secondary N) is 4. The molecule has 5 aliphatic heterocycles. The first-order valence-electron chi connectivity index (χ1n) is 37.0. The second-order valence-corrected chi connectivity index (χ2v) is 27.6. The van der Waals surface area contributed by atoms with Gasteiger partial charge in [0, 0.05) is 144 Å². The molecule has 0 aromatic carbocycles. The monoisotopic (exact) mass is 1960 g/mol. The molecule has 3 radical (unpaired) electrons. The Balaban J connectivity index is 0. The van der Waals surface area contributed by atoms with Crippen molar-refractivity contribution in [1.29, 1.82) is 0 Å². The van der Waals surface area contributed by atoms with Crippen LogP contribution in [0.1, 0.15) is 125 Å². The number of primary amides is 1. The maximum atomic E-state index is 12.1. The molecular weight excluding hydrogens is 1860 g/mol. The van der Waals surface area contributed by atoms with Crippen LogP contribution in [0.25, 0.3) is 22.3 Å². The summed E-state index contributed by atoms with van der Waals surface area (Å²) in [5, 5.41) is 16.2. The number of amides is 6. The first-order chi connectivity index (χ1) is 56.6. The summed E-state index contributed by atoms with van der Waals surface area (Å²) in [4.78, 5) is 174. The predicted octanol–water partition coefficient (Wildman–Crippen LogP) is 3.63. The van der Waals surface area contributed by atoms with E-state index < -0.39 is 23.9 Å². The minimum atomic E-state index is -0.639. The van der Waals surface area contributed by atoms with Crippen molar-refractivity contribution in [2.75, 3.05) is 108 Å². The molecule has 7 aromatic rings. The SMILES string of the molecule is CC(=O)OOC(C)=O.CCOC(=O)N1CCC(=O)CC1.CCOC(=O)N1CCC(N(C(N)=O)c2cccnc2Cl)CC1.CCOC(=O)N1CCC(Nc2cccnc2Cl)CC1.CCOC(=O)N1CCC(n2c(=O)[nH]c3ncccc32)CC1.Cl.Cl.Nc1cccnc1Cl.O=CO[O-].O=c1[nH]c2ncccc2n1C1CCNCC1.S=CI.[B-]OC(C)=O.[Na+].[Na+]. The zero-order valence-corrected chi connectivity index (χ0v) is 79.9. The Kier molecular flexibility index (Phi) is 63.3. The zero-order chi connectivity index (χ0) is 87.5. The molecule has 39 nitrogen and oxygen atoms in total. The summed E-state index contributed by atoms with van der Waals surface area (Å²) in [5.74, 6) is -1.51. The number of rotatable bonds is 11. The van der Waals surface area contributed by atoms with Crippen molar-refractivity contribution in [3.05, 3.63) is 128 Å². The molecule has 0 bridgehead atoms. The second kappa shape index (κ2) is 66.5. The molecule has 8 N–H and O–H groups in total. The molecule has 7 aromatic heterocycles. The number of Topliss-reactive ketones (excluding diaryl/α,β-unsaturated/α-hetero) is 1. The Labute approximate surface area is 796 Å². The molecule has 661 valence electrons. The van der Waals surface area contributed by atoms with Gasteiger partial charge in [-0.05, 0) is 175 Å². The first-order valence-corrected chi connectivity index (χ1v) is 39.8. The summed E-state index contributed by atoms with van der Waals surface area (Å²) >= 11 is 23.8. The quantitative estimate of drug-likeness (QED) is 0.0124. The van der Waals surface area contributed by atoms with Crippen LogP contribution in [-0.4, -0.2) is 240 Å². The summed E-state index contributed by atoms with van der Waals surface area (Å²) < 4.78 is 28.5. The van der Waals surface area contributed by atoms with E-state index in [-0.39, 0.29) is 149 Å². The number of ketones is 1. The first kappa shape index (κ1) is 116. The number of nitrogens with two attached hydrogens (primary N) is 2. The van der Waals surface area contributed by atoms with E-state index in [1.54, 1.807) is 104 Å². The summed E-state index contributed by atoms with van der Waals surface area (Å²) in [7, 11) is 4.32. The van der Waals surface area contributed by atoms with Crippen LogP contribution in [0.3, 0.4) is 0 Å². The van der Waals surface area contributed by atoms with E-state index in [4.69, 9.17) is 75.3 Å². The zero-order valence-electron chi connectivity index (χ0n) is 69.0. The average molecular weight is 1960 g/mol. The Morgan fingerprint density at radius 1 is 0.574 bits per heavy atom. The number of thiocarbonyl (C=S) groups is 1. The van der Waals surface area contributed by atoms with Crippen LogP contribution < -0.4 is 103 Å². The molecule has 12 heterocycles. The standard InChI is InChI=1S/C14H19ClN4O3.C14H18N4O3.C13H18ClN3O2.C11H14N4O.C8H13NO3.C5H5ClN2.C4H6O4.C2H3BO2.CHIS.CH2O3.2ClH.2Na/c1-2-22-14(21)18-8-5-10(6-9-18)19(13(16)20)11-4-3-7-17-12(11)15;1-2-21-14(20)17-8-5-10(6-9-17)18-11-4-3-7-15-12(11)16-13(18)19;1-2-19-13(18)17-8-5-10(6-9-17)16-11-4-3-7-15-12(11)14;16-11-14-10-9(2-1-5-13-10)15(11)8-3-6-12-7-4-8;1-2-12-8(11)9-5-3-7(10)4-6-9;6-5-4(7)2-1-3-8-5;1-3(5)7-8-4(2)6;1-2(4)5-3;2-1-3;2-1-4-3;;;;/h3-4,7,10H,2,5-6,8-9H2,1H3,(H2,16,20);3-4,7,10H,2,5-6,8-9H2,1H3,(H,15,16,19);3-4,7,10,16H,2,5-6,8-9H2,1H3;1-2,5,8,12H,3-4,6-7H2,(H,13,14,16);2-6H2,1H3;1-3H,7H2;1-2H3;1H3;1H;1,3H;2*1H;;/q;;;;;;;-1;;;;;2*+1/p-1. The van der Waals surface area contributed by atoms with Gasteiger partial charge in [-0.1, -0.05) is 47.0 Å². The summed E-state index contributed by atoms with van der Waals surface area (Å²) in [6, 6.07) is 18.1. The number of hydrogen-bond donors (Lipinski definition) is 6. The van der Waals surface area contributed by atoms with E-state index in [2.05, 4.69) is 85.1 Å². The number of fused-ring (bicyclic) bond motifs is 2. The number of imidazole rings is 2. The number of piperidine rings is 5. The van der Waals surface area contributed by atoms with Gasteiger partial charge in [-0.25, -0.2) is 77.8 Å². The molecular formula is C73H100BCl5IN18Na2O21S. The number of halogens is 6. The van der Waals surface area contributed by atoms with Gasteiger partial charge in [-0.3, -0.25) is 38.4 Å². The van der Waals surface area contributed by atoms with Crippen molar-refractivity contribution in [3.63, 3.8) is 0 Å². The Morgan fingerprint density at radius 2 is 0.926 bits per heavy atom. The molecule has 49 heteroatoms. The largest absolute Gasteiger partial charge is 1.00 e. The molecule has 5 aliphatic rings. The fraction of sp³-hybridized carbons (Fsp3) is 0.479. The Hall–Kier alpha value is -7.96. The molecule has 0 unspecified atom stereocenters. The van der Waals surface area contributed by atoms with Gasteiger partial charge in [-0.2, -0.15) is 0 Å². The number of nitrogen functional groups attached to an aromatic ring is 1. The molecule has 0 saturated carbocycles. The van der Waals surface area contributed by atoms with Gasteiger partial charge in [-0.15, -0.1) is 24.8 Å². The molecule has 122 heavy (non-hydrogen) atoms. The number of aromatic amines is 2. The van der Waals surface area contributed by atoms with Gasteiger partial charge >= 0.3 is 113 Å². The number of ether oxygens (including phenoxy) is 4. The van der Waals surface area contributed by atoms with Crippen LogP contribution in [0.15, 0.2) is 101 Å². The van der Waals surface area contributed by atoms with E-state index >= 15 is 0 Å². The van der Waals surface area contributed by atoms with Crippen molar-refractivity contribution >= 4 is 206 Å². The number of urea groups is 1. The number of likely N-dealkylation sites (tertiary alicyclic amines) is 4. The molecule has 0 atom stereocenters. The fourth-order valence-electron chi connectivity index (χ4n) is 11.6. The smallest absolute Gasteiger partial charge is 0.793 e. The molecule has 0 aliphatic carbocycles. The molecule has 5 saturated heterocycles. The number of H-pyrrole nitrogens is 2. The maximum absolute atomic E-state index is 12.1. The van der Waals surface area contributed by atoms with Crippen LogP contribution in [0.4, 0.5) is 41.0 Å². The molecule has 5 fully saturated rings. The minimum absolute atomic E-state index is 0. The number of carbonyl (C=O) groups excluding carboxylic acids is 10. The third-order valence-electron chi connectivity index (χ3n) is 16.9. The number of pyridine rings is 5. The third kappa shape index (κ3) is 43.1. The normalized spacial score (nSPS) is 13.9. The third-order valence-corrected chi connectivity index (χ3v) is 17.8. The van der Waals surface area contributed by atoms with Crippen LogP contribution in [0.2, 0.25) is 15.5 Å². The Bertz CT molecular complexity index is 4370. The number of anilines is 3. The van der Waals surface area contributed by atoms with Gasteiger partial charge < -0.3 is 83.5 Å². The van der Waals surface area contributed by atoms with Crippen molar-refractivity contribution < 1.29 is 151 Å². The summed E-state index contributed by atoms with van der Waals surface area (Å²) in [6.45, 7) is 18.6. The van der Waals surface area contributed by atoms with E-state index in [1.165, 1.54) is 11.8 Å². The maximum Gasteiger partial charge on any atom is 1.00 e. The number of aromatic nitrogens is 9. The number of carbonyl (C=O) groups is 10. The minimum Gasteiger partial charge on any atom is -0.793 e. The molecule has 0 spiro atoms. The second-order valence-electron chi connectivity index (χ2n) is 24.8. The molecule has 6 amide bonds. The van der Waals surface area contributed by atoms with E-state index in [1.807, 2.05) is 70.5 Å². The van der Waals surface area contributed by atoms with E-state index in [0.29, 0.717) is 150 Å². The fourth-order valence-corrected chi connectivity index (χ4v) is 12.1. The number of nitrogens with zero attached hydrogens (tertiary/aromatic N) is 12. The van der Waals surface area contributed by atoms with Crippen LogP contribution >= 0.6 is 94.4 Å². The van der Waals surface area contributed by atoms with E-state index in [0.717, 1.165) is 82.2 Å². The number of hydrogen-bond acceptors (Lipinski definition) is 30. The predicted molar refractivity (Wildman–Crippen MR) is 463 cm³/mol. The summed E-state index contributed by atoms with van der Waals surface area (Å²) in [6.07, 6.45) is 14.4.